The molecule has 1 aliphatic rings. The van der Waals surface area contributed by atoms with Crippen LogP contribution in [0.5, 0.6) is 0 Å². The largest absolute Gasteiger partial charge is 0.435 e. The standard InChI is InChI=1S/C23H14ClFN2O/c24-21-16(15-6-1-2-10-19(15)25)8-4-9-17(21)23-27-20-11-13-5-3-7-14(13)18(12-26)22(20)28-23/h1-2,4,6,8-11H,3,5,7H2. The number of rotatable bonds is 2. The highest BCUT2D eigenvalue weighted by Crippen LogP contribution is 2.39. The van der Waals surface area contributed by atoms with Gasteiger partial charge in [0.15, 0.2) is 5.58 Å². The summed E-state index contributed by atoms with van der Waals surface area (Å²) >= 11 is 6.62. The van der Waals surface area contributed by atoms with Crippen molar-refractivity contribution in [1.82, 2.24) is 4.98 Å². The first-order chi connectivity index (χ1) is 13.7. The second-order valence-corrected chi connectivity index (χ2v) is 7.25. The van der Waals surface area contributed by atoms with E-state index >= 15 is 0 Å². The third-order valence-corrected chi connectivity index (χ3v) is 5.67. The van der Waals surface area contributed by atoms with E-state index in [2.05, 4.69) is 11.1 Å². The number of oxazole rings is 1. The predicted octanol–water partition coefficient (Wildman–Crippen LogP) is 6.31. The molecule has 0 spiro atoms. The van der Waals surface area contributed by atoms with Crippen molar-refractivity contribution >= 4 is 22.7 Å². The summed E-state index contributed by atoms with van der Waals surface area (Å²) in [6.07, 6.45) is 2.87. The predicted molar refractivity (Wildman–Crippen MR) is 107 cm³/mol. The Morgan fingerprint density at radius 1 is 1.04 bits per heavy atom. The van der Waals surface area contributed by atoms with Crippen molar-refractivity contribution in [3.63, 3.8) is 0 Å². The average Bonchev–Trinajstić information content (AvgIpc) is 3.33. The molecule has 1 heterocycles. The van der Waals surface area contributed by atoms with E-state index in [-0.39, 0.29) is 5.82 Å². The van der Waals surface area contributed by atoms with Crippen LogP contribution in [0.25, 0.3) is 33.7 Å². The molecule has 0 saturated heterocycles. The number of benzene rings is 3. The van der Waals surface area contributed by atoms with E-state index in [9.17, 15) is 9.65 Å². The van der Waals surface area contributed by atoms with E-state index in [1.807, 2.05) is 6.07 Å². The van der Waals surface area contributed by atoms with Crippen molar-refractivity contribution in [2.24, 2.45) is 0 Å². The summed E-state index contributed by atoms with van der Waals surface area (Å²) in [6, 6.07) is 16.1. The van der Waals surface area contributed by atoms with Crippen LogP contribution in [0.2, 0.25) is 5.02 Å². The monoisotopic (exact) mass is 388 g/mol. The summed E-state index contributed by atoms with van der Waals surface area (Å²) in [5, 5.41) is 10.0. The molecule has 3 aromatic carbocycles. The molecule has 0 fully saturated rings. The third kappa shape index (κ3) is 2.51. The summed E-state index contributed by atoms with van der Waals surface area (Å²) in [6.45, 7) is 0. The molecule has 1 aromatic heterocycles. The van der Waals surface area contributed by atoms with E-state index in [4.69, 9.17) is 16.0 Å². The Balaban J connectivity index is 1.71. The minimum Gasteiger partial charge on any atom is -0.435 e. The van der Waals surface area contributed by atoms with Crippen LogP contribution in [0.15, 0.2) is 52.9 Å². The maximum atomic E-state index is 14.3. The first kappa shape index (κ1) is 17.0. The summed E-state index contributed by atoms with van der Waals surface area (Å²) in [7, 11) is 0. The molecule has 5 rings (SSSR count). The van der Waals surface area contributed by atoms with Crippen LogP contribution in [0.1, 0.15) is 23.1 Å². The van der Waals surface area contributed by atoms with Gasteiger partial charge in [-0.15, -0.1) is 0 Å². The van der Waals surface area contributed by atoms with Gasteiger partial charge in [0, 0.05) is 11.1 Å². The second-order valence-electron chi connectivity index (χ2n) is 6.87. The van der Waals surface area contributed by atoms with Crippen molar-refractivity contribution < 1.29 is 8.81 Å². The number of hydrogen-bond donors (Lipinski definition) is 0. The van der Waals surface area contributed by atoms with E-state index in [0.717, 1.165) is 30.4 Å². The molecule has 28 heavy (non-hydrogen) atoms. The fourth-order valence-electron chi connectivity index (χ4n) is 3.94. The normalized spacial score (nSPS) is 12.9. The van der Waals surface area contributed by atoms with Crippen molar-refractivity contribution in [2.45, 2.75) is 19.3 Å². The molecule has 0 atom stereocenters. The maximum Gasteiger partial charge on any atom is 0.228 e. The SMILES string of the molecule is N#Cc1c2c(cc3nc(-c4cccc(-c5ccccc5F)c4Cl)oc13)CCC2. The van der Waals surface area contributed by atoms with Gasteiger partial charge in [0.1, 0.15) is 23.0 Å². The Morgan fingerprint density at radius 2 is 1.82 bits per heavy atom. The zero-order chi connectivity index (χ0) is 19.3. The number of aryl methyl sites for hydroxylation is 1. The summed E-state index contributed by atoms with van der Waals surface area (Å²) in [5.41, 5.74) is 5.49. The molecular formula is C23H14ClFN2O. The van der Waals surface area contributed by atoms with Crippen molar-refractivity contribution in [3.8, 4) is 28.7 Å². The minimum atomic E-state index is -0.345. The van der Waals surface area contributed by atoms with Gasteiger partial charge in [-0.1, -0.05) is 41.9 Å². The Labute approximate surface area is 166 Å². The van der Waals surface area contributed by atoms with Gasteiger partial charge in [-0.2, -0.15) is 5.26 Å². The summed E-state index contributed by atoms with van der Waals surface area (Å²) in [5.74, 6) is -0.0133. The lowest BCUT2D eigenvalue weighted by molar-refractivity contribution is 0.618. The molecule has 136 valence electrons. The fraction of sp³-hybridized carbons (Fsp3) is 0.130. The van der Waals surface area contributed by atoms with Gasteiger partial charge in [-0.3, -0.25) is 0 Å². The minimum absolute atomic E-state index is 0.332. The molecule has 0 saturated carbocycles. The maximum absolute atomic E-state index is 14.3. The smallest absolute Gasteiger partial charge is 0.228 e. The molecule has 0 unspecified atom stereocenters. The van der Waals surface area contributed by atoms with Gasteiger partial charge in [-0.05, 0) is 48.6 Å². The summed E-state index contributed by atoms with van der Waals surface area (Å²) in [4.78, 5) is 4.59. The highest BCUT2D eigenvalue weighted by atomic mass is 35.5. The first-order valence-electron chi connectivity index (χ1n) is 9.06. The van der Waals surface area contributed by atoms with Crippen molar-refractivity contribution in [1.29, 1.82) is 5.26 Å². The molecule has 0 amide bonds. The number of nitrogens with zero attached hydrogens (tertiary/aromatic N) is 2. The number of aromatic nitrogens is 1. The molecular weight excluding hydrogens is 375 g/mol. The lowest BCUT2D eigenvalue weighted by Crippen LogP contribution is -1.89. The Hall–Kier alpha value is -3.16. The molecule has 0 aliphatic heterocycles. The Morgan fingerprint density at radius 3 is 2.64 bits per heavy atom. The molecule has 0 radical (unpaired) electrons. The topological polar surface area (TPSA) is 49.8 Å². The molecule has 0 bridgehead atoms. The van der Waals surface area contributed by atoms with Crippen LogP contribution in [-0.2, 0) is 12.8 Å². The molecule has 5 heteroatoms. The molecule has 3 nitrogen and oxygen atoms in total. The van der Waals surface area contributed by atoms with Crippen molar-refractivity contribution in [2.75, 3.05) is 0 Å². The van der Waals surface area contributed by atoms with E-state index in [1.54, 1.807) is 36.4 Å². The molecule has 0 N–H and O–H groups in total. The average molecular weight is 389 g/mol. The summed E-state index contributed by atoms with van der Waals surface area (Å²) < 4.78 is 20.2. The highest BCUT2D eigenvalue weighted by molar-refractivity contribution is 6.36. The number of nitriles is 1. The van der Waals surface area contributed by atoms with Gasteiger partial charge in [0.05, 0.1) is 10.6 Å². The van der Waals surface area contributed by atoms with Crippen LogP contribution in [0, 0.1) is 17.1 Å². The van der Waals surface area contributed by atoms with Crippen LogP contribution in [-0.4, -0.2) is 4.98 Å². The van der Waals surface area contributed by atoms with Gasteiger partial charge in [0.25, 0.3) is 0 Å². The Bertz CT molecular complexity index is 1290. The zero-order valence-electron chi connectivity index (χ0n) is 14.8. The fourth-order valence-corrected chi connectivity index (χ4v) is 4.25. The Kier molecular flexibility index (Phi) is 3.92. The highest BCUT2D eigenvalue weighted by Gasteiger charge is 2.23. The quantitative estimate of drug-likeness (QED) is 0.404. The zero-order valence-corrected chi connectivity index (χ0v) is 15.6. The third-order valence-electron chi connectivity index (χ3n) is 5.26. The number of halogens is 2. The van der Waals surface area contributed by atoms with E-state index < -0.39 is 0 Å². The van der Waals surface area contributed by atoms with Gasteiger partial charge in [-0.25, -0.2) is 9.37 Å². The van der Waals surface area contributed by atoms with E-state index in [0.29, 0.717) is 44.3 Å². The molecule has 1 aliphatic carbocycles. The van der Waals surface area contributed by atoms with Crippen LogP contribution in [0.3, 0.4) is 0 Å². The lowest BCUT2D eigenvalue weighted by atomic mass is 10.0. The number of fused-ring (bicyclic) bond motifs is 2. The van der Waals surface area contributed by atoms with Gasteiger partial charge in [0.2, 0.25) is 5.89 Å². The second kappa shape index (κ2) is 6.47. The lowest BCUT2D eigenvalue weighted by Gasteiger charge is -2.08. The van der Waals surface area contributed by atoms with E-state index in [1.165, 1.54) is 6.07 Å². The van der Waals surface area contributed by atoms with Crippen LogP contribution < -0.4 is 0 Å². The molecule has 4 aromatic rings. The van der Waals surface area contributed by atoms with Gasteiger partial charge < -0.3 is 4.42 Å². The van der Waals surface area contributed by atoms with Gasteiger partial charge >= 0.3 is 0 Å². The van der Waals surface area contributed by atoms with Crippen LogP contribution >= 0.6 is 11.6 Å². The number of hydrogen-bond acceptors (Lipinski definition) is 3. The van der Waals surface area contributed by atoms with Crippen LogP contribution in [0.4, 0.5) is 4.39 Å². The first-order valence-corrected chi connectivity index (χ1v) is 9.44. The van der Waals surface area contributed by atoms with Crippen molar-refractivity contribution in [3.05, 3.63) is 76.1 Å².